The van der Waals surface area contributed by atoms with Crippen molar-refractivity contribution in [3.63, 3.8) is 0 Å². The standard InChI is InChI=1S/C24H25BrN6O2S/c1-34-24(23(32)33)10-8-15(9-11-24)20-19(25)21(26)31-22(29-20)18(13-28-31)16-12-27-30(14-16)17-6-4-2-3-5-7-17/h6,12-15H,4-5,7-11,26H2,1H3,(H,32,33). The second-order valence-corrected chi connectivity index (χ2v) is 10.7. The van der Waals surface area contributed by atoms with E-state index in [1.807, 2.05) is 23.3 Å². The molecule has 5 rings (SSSR count). The van der Waals surface area contributed by atoms with Gasteiger partial charge in [0.15, 0.2) is 5.65 Å². The van der Waals surface area contributed by atoms with Crippen LogP contribution in [0.1, 0.15) is 56.6 Å². The van der Waals surface area contributed by atoms with Gasteiger partial charge in [0.25, 0.3) is 0 Å². The van der Waals surface area contributed by atoms with Crippen LogP contribution in [0.5, 0.6) is 0 Å². The molecule has 0 atom stereocenters. The molecule has 1 saturated carbocycles. The Kier molecular flexibility index (Phi) is 6.16. The van der Waals surface area contributed by atoms with Crippen LogP contribution in [0.2, 0.25) is 0 Å². The van der Waals surface area contributed by atoms with Crippen LogP contribution in [-0.2, 0) is 4.79 Å². The van der Waals surface area contributed by atoms with Gasteiger partial charge in [-0.2, -0.15) is 14.7 Å². The fourth-order valence-corrected chi connectivity index (χ4v) is 6.20. The second-order valence-electron chi connectivity index (χ2n) is 8.69. The summed E-state index contributed by atoms with van der Waals surface area (Å²) >= 11 is 5.07. The predicted molar refractivity (Wildman–Crippen MR) is 137 cm³/mol. The summed E-state index contributed by atoms with van der Waals surface area (Å²) in [4.78, 5) is 16.9. The zero-order chi connectivity index (χ0) is 23.9. The highest BCUT2D eigenvalue weighted by Crippen LogP contribution is 2.46. The maximum absolute atomic E-state index is 11.9. The molecule has 2 aliphatic carbocycles. The first kappa shape index (κ1) is 23.0. The first-order valence-corrected chi connectivity index (χ1v) is 13.3. The zero-order valence-corrected chi connectivity index (χ0v) is 21.2. The molecular formula is C24H25BrN6O2S. The Morgan fingerprint density at radius 1 is 1.29 bits per heavy atom. The van der Waals surface area contributed by atoms with Crippen LogP contribution in [0.15, 0.2) is 29.1 Å². The minimum Gasteiger partial charge on any atom is -0.480 e. The Morgan fingerprint density at radius 3 is 2.82 bits per heavy atom. The number of halogens is 1. The third kappa shape index (κ3) is 3.91. The summed E-state index contributed by atoms with van der Waals surface area (Å²) in [5.74, 6) is 6.16. The summed E-state index contributed by atoms with van der Waals surface area (Å²) < 4.78 is 3.55. The molecule has 0 aliphatic heterocycles. The van der Waals surface area contributed by atoms with Gasteiger partial charge in [0.2, 0.25) is 0 Å². The lowest BCUT2D eigenvalue weighted by Crippen LogP contribution is -2.38. The van der Waals surface area contributed by atoms with Crippen molar-refractivity contribution in [3.05, 3.63) is 34.8 Å². The van der Waals surface area contributed by atoms with Crippen LogP contribution < -0.4 is 5.73 Å². The molecular weight excluding hydrogens is 516 g/mol. The van der Waals surface area contributed by atoms with E-state index in [1.54, 1.807) is 10.7 Å². The number of hydrogen-bond donors (Lipinski definition) is 2. The number of carbonyl (C=O) groups is 1. The van der Waals surface area contributed by atoms with Crippen molar-refractivity contribution in [2.45, 2.75) is 55.6 Å². The van der Waals surface area contributed by atoms with Crippen molar-refractivity contribution in [1.29, 1.82) is 0 Å². The first-order chi connectivity index (χ1) is 16.4. The van der Waals surface area contributed by atoms with Gasteiger partial charge in [-0.3, -0.25) is 4.79 Å². The van der Waals surface area contributed by atoms with Gasteiger partial charge in [0.05, 0.1) is 22.6 Å². The van der Waals surface area contributed by atoms with Crippen LogP contribution >= 0.6 is 27.7 Å². The van der Waals surface area contributed by atoms with Crippen molar-refractivity contribution < 1.29 is 9.90 Å². The van der Waals surface area contributed by atoms with E-state index in [4.69, 9.17) is 10.7 Å². The van der Waals surface area contributed by atoms with Crippen molar-refractivity contribution >= 4 is 50.8 Å². The van der Waals surface area contributed by atoms with E-state index in [2.05, 4.69) is 44.0 Å². The van der Waals surface area contributed by atoms with E-state index in [9.17, 15) is 9.90 Å². The maximum atomic E-state index is 11.9. The number of anilines is 1. The molecule has 3 heterocycles. The van der Waals surface area contributed by atoms with Crippen LogP contribution in [0.3, 0.4) is 0 Å². The number of carboxylic acids is 1. The predicted octanol–water partition coefficient (Wildman–Crippen LogP) is 4.81. The topological polar surface area (TPSA) is 111 Å². The molecule has 1 fully saturated rings. The highest BCUT2D eigenvalue weighted by molar-refractivity contribution is 9.10. The Balaban J connectivity index is 1.49. The monoisotopic (exact) mass is 540 g/mol. The summed E-state index contributed by atoms with van der Waals surface area (Å²) in [6, 6.07) is 0. The van der Waals surface area contributed by atoms with Gasteiger partial charge in [-0.1, -0.05) is 12.0 Å². The fourth-order valence-electron chi connectivity index (χ4n) is 4.80. The van der Waals surface area contributed by atoms with Crippen molar-refractivity contribution in [1.82, 2.24) is 24.4 Å². The number of nitrogens with zero attached hydrogens (tertiary/aromatic N) is 5. The number of carboxylic acid groups (broad SMARTS) is 1. The van der Waals surface area contributed by atoms with Gasteiger partial charge < -0.3 is 10.8 Å². The van der Waals surface area contributed by atoms with Gasteiger partial charge in [-0.15, -0.1) is 17.7 Å². The smallest absolute Gasteiger partial charge is 0.319 e. The van der Waals surface area contributed by atoms with Gasteiger partial charge in [0, 0.05) is 48.2 Å². The van der Waals surface area contributed by atoms with Crippen LogP contribution in [0, 0.1) is 11.8 Å². The molecule has 0 radical (unpaired) electrons. The number of aliphatic carboxylic acids is 1. The van der Waals surface area contributed by atoms with Crippen LogP contribution in [0.25, 0.3) is 22.5 Å². The molecule has 34 heavy (non-hydrogen) atoms. The van der Waals surface area contributed by atoms with E-state index in [1.165, 1.54) is 11.8 Å². The molecule has 3 N–H and O–H groups in total. The largest absolute Gasteiger partial charge is 0.480 e. The van der Waals surface area contributed by atoms with Crippen molar-refractivity contribution in [2.75, 3.05) is 12.0 Å². The quantitative estimate of drug-likeness (QED) is 0.446. The second kappa shape index (κ2) is 9.12. The van der Waals surface area contributed by atoms with Gasteiger partial charge in [-0.05, 0) is 47.9 Å². The average molecular weight is 541 g/mol. The lowest BCUT2D eigenvalue weighted by molar-refractivity contribution is -0.140. The number of nitrogens with two attached hydrogens (primary N) is 1. The normalized spacial score (nSPS) is 22.6. The third-order valence-electron chi connectivity index (χ3n) is 6.87. The molecule has 0 saturated heterocycles. The molecule has 176 valence electrons. The average Bonchev–Trinajstić information content (AvgIpc) is 3.41. The minimum absolute atomic E-state index is 0.128. The summed E-state index contributed by atoms with van der Waals surface area (Å²) in [6.45, 7) is 0. The molecule has 0 amide bonds. The maximum Gasteiger partial charge on any atom is 0.319 e. The van der Waals surface area contributed by atoms with Crippen LogP contribution in [0.4, 0.5) is 5.82 Å². The van der Waals surface area contributed by atoms with E-state index < -0.39 is 10.7 Å². The SMILES string of the molecule is CSC1(C(=O)O)CCC(c2nc3c(-c4cnn(C5=CCC#CCC5)c4)cnn3c(N)c2Br)CC1. The molecule has 3 aromatic heterocycles. The van der Waals surface area contributed by atoms with Gasteiger partial charge in [0.1, 0.15) is 10.6 Å². The number of allylic oxidation sites excluding steroid dienone is 2. The molecule has 0 spiro atoms. The molecule has 2 aliphatic rings. The van der Waals surface area contributed by atoms with Crippen molar-refractivity contribution in [3.8, 4) is 23.0 Å². The fraction of sp³-hybridized carbons (Fsp3) is 0.417. The lowest BCUT2D eigenvalue weighted by Gasteiger charge is -2.35. The molecule has 0 unspecified atom stereocenters. The number of fused-ring (bicyclic) bond motifs is 1. The number of thioether (sulfide) groups is 1. The summed E-state index contributed by atoms with van der Waals surface area (Å²) in [7, 11) is 0. The minimum atomic E-state index is -0.731. The van der Waals surface area contributed by atoms with Crippen LogP contribution in [-0.4, -0.2) is 46.5 Å². The summed E-state index contributed by atoms with van der Waals surface area (Å²) in [5.41, 5.74) is 10.9. The zero-order valence-electron chi connectivity index (χ0n) is 18.8. The Bertz CT molecular complexity index is 1360. The van der Waals surface area contributed by atoms with E-state index in [0.717, 1.165) is 59.1 Å². The highest BCUT2D eigenvalue weighted by atomic mass is 79.9. The van der Waals surface area contributed by atoms with Crippen molar-refractivity contribution in [2.24, 2.45) is 0 Å². The van der Waals surface area contributed by atoms with E-state index >= 15 is 0 Å². The Labute approximate surface area is 210 Å². The van der Waals surface area contributed by atoms with Gasteiger partial charge >= 0.3 is 5.97 Å². The summed E-state index contributed by atoms with van der Waals surface area (Å²) in [6.07, 6.45) is 14.7. The number of nitrogen functional groups attached to an aromatic ring is 1. The highest BCUT2D eigenvalue weighted by Gasteiger charge is 2.42. The molecule has 10 heteroatoms. The Morgan fingerprint density at radius 2 is 2.09 bits per heavy atom. The van der Waals surface area contributed by atoms with E-state index in [0.29, 0.717) is 24.3 Å². The number of hydrogen-bond acceptors (Lipinski definition) is 6. The third-order valence-corrected chi connectivity index (χ3v) is 9.04. The first-order valence-electron chi connectivity index (χ1n) is 11.2. The lowest BCUT2D eigenvalue weighted by atomic mass is 9.79. The van der Waals surface area contributed by atoms with Gasteiger partial charge in [-0.25, -0.2) is 9.67 Å². The van der Waals surface area contributed by atoms with E-state index in [-0.39, 0.29) is 5.92 Å². The summed E-state index contributed by atoms with van der Waals surface area (Å²) in [5, 5.41) is 18.8. The molecule has 8 nitrogen and oxygen atoms in total. The molecule has 3 aromatic rings. The molecule has 0 bridgehead atoms. The number of aromatic nitrogens is 5. The number of rotatable bonds is 5. The molecule has 0 aromatic carbocycles. The Hall–Kier alpha value is -2.77.